The molecule has 0 saturated heterocycles. The molecule has 0 aromatic heterocycles. The van der Waals surface area contributed by atoms with Crippen molar-refractivity contribution >= 4 is 66.3 Å². The average molecular weight is 423 g/mol. The normalized spacial score (nSPS) is 11.7. The Morgan fingerprint density at radius 1 is 0.367 bits per heavy atom. The summed E-state index contributed by atoms with van der Waals surface area (Å²) in [7, 11) is 0. The fraction of sp³-hybridized carbons (Fsp3) is 0. The molecule has 0 radical (unpaired) electrons. The van der Waals surface area contributed by atoms with Gasteiger partial charge in [0.1, 0.15) is 0 Å². The molecule has 0 aliphatic carbocycles. The highest BCUT2D eigenvalue weighted by Gasteiger charge is 2.16. The standard InChI is InChI=1S/C28H16Cl2/c29-21-11-9-19-13-17-5-1-3-7-23(17)27(25(19)15-21)28-24-8-4-2-6-18(24)14-20-10-12-22(30)16-26(20)28/h1-16H. The highest BCUT2D eigenvalue weighted by molar-refractivity contribution is 6.33. The van der Waals surface area contributed by atoms with Gasteiger partial charge in [-0.1, -0.05) is 83.9 Å². The highest BCUT2D eigenvalue weighted by Crippen LogP contribution is 2.44. The molecule has 0 unspecified atom stereocenters. The molecule has 0 saturated carbocycles. The van der Waals surface area contributed by atoms with Gasteiger partial charge in [0.2, 0.25) is 0 Å². The van der Waals surface area contributed by atoms with E-state index in [1.807, 2.05) is 12.1 Å². The fourth-order valence-corrected chi connectivity index (χ4v) is 4.95. The molecular weight excluding hydrogens is 407 g/mol. The molecule has 0 aliphatic rings. The molecule has 0 atom stereocenters. The lowest BCUT2D eigenvalue weighted by atomic mass is 9.86. The second-order valence-corrected chi connectivity index (χ2v) is 8.55. The number of benzene rings is 6. The van der Waals surface area contributed by atoms with Gasteiger partial charge in [-0.3, -0.25) is 0 Å². The van der Waals surface area contributed by atoms with Gasteiger partial charge in [0, 0.05) is 10.0 Å². The molecule has 0 aliphatic heterocycles. The van der Waals surface area contributed by atoms with Gasteiger partial charge in [-0.2, -0.15) is 0 Å². The van der Waals surface area contributed by atoms with Gasteiger partial charge in [-0.05, 0) is 90.6 Å². The minimum atomic E-state index is 0.738. The fourth-order valence-electron chi connectivity index (χ4n) is 4.61. The Balaban J connectivity index is 1.95. The van der Waals surface area contributed by atoms with Crippen molar-refractivity contribution in [3.63, 3.8) is 0 Å². The molecule has 0 bridgehead atoms. The van der Waals surface area contributed by atoms with Crippen molar-refractivity contribution in [1.82, 2.24) is 0 Å². The first kappa shape index (κ1) is 17.8. The number of hydrogen-bond donors (Lipinski definition) is 0. The summed E-state index contributed by atoms with van der Waals surface area (Å²) >= 11 is 12.9. The summed E-state index contributed by atoms with van der Waals surface area (Å²) in [6.07, 6.45) is 0. The number of hydrogen-bond acceptors (Lipinski definition) is 0. The lowest BCUT2D eigenvalue weighted by Gasteiger charge is -2.17. The Hall–Kier alpha value is -3.06. The van der Waals surface area contributed by atoms with E-state index in [1.165, 1.54) is 43.4 Å². The van der Waals surface area contributed by atoms with Crippen molar-refractivity contribution in [1.29, 1.82) is 0 Å². The van der Waals surface area contributed by atoms with Gasteiger partial charge in [0.05, 0.1) is 0 Å². The maximum Gasteiger partial charge on any atom is 0.0412 e. The first-order valence-corrected chi connectivity index (χ1v) is 10.7. The molecule has 0 spiro atoms. The number of fused-ring (bicyclic) bond motifs is 4. The molecule has 6 rings (SSSR count). The van der Waals surface area contributed by atoms with Gasteiger partial charge >= 0.3 is 0 Å². The number of rotatable bonds is 1. The summed E-state index contributed by atoms with van der Waals surface area (Å²) in [5.74, 6) is 0. The van der Waals surface area contributed by atoms with Crippen molar-refractivity contribution in [2.45, 2.75) is 0 Å². The summed E-state index contributed by atoms with van der Waals surface area (Å²) in [5.41, 5.74) is 2.41. The van der Waals surface area contributed by atoms with Crippen LogP contribution in [0.4, 0.5) is 0 Å². The molecule has 0 fully saturated rings. The Morgan fingerprint density at radius 2 is 0.767 bits per heavy atom. The maximum atomic E-state index is 6.47. The Labute approximate surface area is 184 Å². The molecular formula is C28H16Cl2. The third-order valence-electron chi connectivity index (χ3n) is 5.90. The predicted molar refractivity (Wildman–Crippen MR) is 132 cm³/mol. The monoisotopic (exact) mass is 422 g/mol. The molecule has 6 aromatic carbocycles. The molecule has 0 amide bonds. The van der Waals surface area contributed by atoms with Crippen molar-refractivity contribution < 1.29 is 0 Å². The third kappa shape index (κ3) is 2.69. The summed E-state index contributed by atoms with van der Waals surface area (Å²) in [4.78, 5) is 0. The third-order valence-corrected chi connectivity index (χ3v) is 6.37. The lowest BCUT2D eigenvalue weighted by molar-refractivity contribution is 1.72. The largest absolute Gasteiger partial charge is 0.0843 e. The minimum Gasteiger partial charge on any atom is -0.0843 e. The summed E-state index contributed by atoms with van der Waals surface area (Å²) in [5, 5.41) is 11.0. The maximum absolute atomic E-state index is 6.47. The van der Waals surface area contributed by atoms with Crippen LogP contribution in [-0.2, 0) is 0 Å². The van der Waals surface area contributed by atoms with Crippen LogP contribution in [0.15, 0.2) is 97.1 Å². The zero-order valence-corrected chi connectivity index (χ0v) is 17.5. The van der Waals surface area contributed by atoms with Crippen molar-refractivity contribution in [2.75, 3.05) is 0 Å². The van der Waals surface area contributed by atoms with E-state index in [0.717, 1.165) is 20.8 Å². The Bertz CT molecular complexity index is 1490. The van der Waals surface area contributed by atoms with Crippen molar-refractivity contribution in [3.05, 3.63) is 107 Å². The van der Waals surface area contributed by atoms with Gasteiger partial charge in [-0.25, -0.2) is 0 Å². The highest BCUT2D eigenvalue weighted by atomic mass is 35.5. The van der Waals surface area contributed by atoms with E-state index in [1.54, 1.807) is 0 Å². The second kappa shape index (κ2) is 6.74. The SMILES string of the molecule is Clc1ccc2cc3ccccc3c(-c3c4ccccc4cc4ccc(Cl)cc34)c2c1. The van der Waals surface area contributed by atoms with Crippen LogP contribution in [-0.4, -0.2) is 0 Å². The number of halogens is 2. The van der Waals surface area contributed by atoms with Crippen LogP contribution in [0, 0.1) is 0 Å². The van der Waals surface area contributed by atoms with Crippen LogP contribution in [0.25, 0.3) is 54.2 Å². The van der Waals surface area contributed by atoms with Crippen LogP contribution in [0.1, 0.15) is 0 Å². The second-order valence-electron chi connectivity index (χ2n) is 7.68. The smallest absolute Gasteiger partial charge is 0.0412 e. The van der Waals surface area contributed by atoms with Crippen LogP contribution in [0.2, 0.25) is 10.0 Å². The zero-order chi connectivity index (χ0) is 20.2. The minimum absolute atomic E-state index is 0.738. The van der Waals surface area contributed by atoms with Gasteiger partial charge in [0.25, 0.3) is 0 Å². The van der Waals surface area contributed by atoms with E-state index < -0.39 is 0 Å². The van der Waals surface area contributed by atoms with Crippen LogP contribution >= 0.6 is 23.2 Å². The first-order chi connectivity index (χ1) is 14.7. The summed E-state index contributed by atoms with van der Waals surface area (Å²) < 4.78 is 0. The molecule has 2 heteroatoms. The van der Waals surface area contributed by atoms with Gasteiger partial charge < -0.3 is 0 Å². The van der Waals surface area contributed by atoms with Gasteiger partial charge in [-0.15, -0.1) is 0 Å². The molecule has 0 N–H and O–H groups in total. The molecule has 0 heterocycles. The predicted octanol–water partition coefficient (Wildman–Crippen LogP) is 9.27. The van der Waals surface area contributed by atoms with Crippen LogP contribution < -0.4 is 0 Å². The average Bonchev–Trinajstić information content (AvgIpc) is 2.76. The van der Waals surface area contributed by atoms with E-state index in [2.05, 4.69) is 84.9 Å². The van der Waals surface area contributed by atoms with E-state index in [9.17, 15) is 0 Å². The Kier molecular flexibility index (Phi) is 3.99. The quantitative estimate of drug-likeness (QED) is 0.231. The van der Waals surface area contributed by atoms with E-state index in [0.29, 0.717) is 0 Å². The zero-order valence-electron chi connectivity index (χ0n) is 16.0. The van der Waals surface area contributed by atoms with Gasteiger partial charge in [0.15, 0.2) is 0 Å². The topological polar surface area (TPSA) is 0 Å². The van der Waals surface area contributed by atoms with E-state index >= 15 is 0 Å². The summed E-state index contributed by atoms with van der Waals surface area (Å²) in [6.45, 7) is 0. The van der Waals surface area contributed by atoms with Crippen LogP contribution in [0.3, 0.4) is 0 Å². The van der Waals surface area contributed by atoms with Crippen molar-refractivity contribution in [3.8, 4) is 11.1 Å². The van der Waals surface area contributed by atoms with Crippen LogP contribution in [0.5, 0.6) is 0 Å². The van der Waals surface area contributed by atoms with E-state index in [-0.39, 0.29) is 0 Å². The molecule has 30 heavy (non-hydrogen) atoms. The van der Waals surface area contributed by atoms with E-state index in [4.69, 9.17) is 23.2 Å². The van der Waals surface area contributed by atoms with Crippen molar-refractivity contribution in [2.24, 2.45) is 0 Å². The summed E-state index contributed by atoms with van der Waals surface area (Å²) in [6, 6.07) is 33.9. The molecule has 0 nitrogen and oxygen atoms in total. The molecule has 142 valence electrons. The molecule has 6 aromatic rings. The Morgan fingerprint density at radius 3 is 1.23 bits per heavy atom. The lowest BCUT2D eigenvalue weighted by Crippen LogP contribution is -1.90. The first-order valence-electron chi connectivity index (χ1n) is 9.91.